The van der Waals surface area contributed by atoms with Gasteiger partial charge in [-0.1, -0.05) is 19.1 Å². The second kappa shape index (κ2) is 4.61. The van der Waals surface area contributed by atoms with Crippen LogP contribution in [-0.4, -0.2) is 12.5 Å². The van der Waals surface area contributed by atoms with Gasteiger partial charge in [0.25, 0.3) is 0 Å². The first-order chi connectivity index (χ1) is 8.79. The number of amides is 1. The van der Waals surface area contributed by atoms with Crippen molar-refractivity contribution in [2.45, 2.75) is 32.3 Å². The van der Waals surface area contributed by atoms with E-state index in [1.807, 2.05) is 19.1 Å². The van der Waals surface area contributed by atoms with Crippen LogP contribution in [0.3, 0.4) is 0 Å². The van der Waals surface area contributed by atoms with Crippen LogP contribution in [0.25, 0.3) is 0 Å². The summed E-state index contributed by atoms with van der Waals surface area (Å²) in [4.78, 5) is 21.3. The molecule has 1 aliphatic heterocycles. The number of carbonyl (C=O) groups excluding carboxylic acids is 1. The van der Waals surface area contributed by atoms with Crippen LogP contribution < -0.4 is 10.2 Å². The average Bonchev–Trinajstić information content (AvgIpc) is 3.00. The zero-order chi connectivity index (χ0) is 12.5. The van der Waals surface area contributed by atoms with E-state index >= 15 is 0 Å². The fourth-order valence-electron chi connectivity index (χ4n) is 2.54. The molecule has 1 saturated carbocycles. The summed E-state index contributed by atoms with van der Waals surface area (Å²) in [5, 5.41) is 2.96. The van der Waals surface area contributed by atoms with E-state index < -0.39 is 0 Å². The van der Waals surface area contributed by atoms with Crippen molar-refractivity contribution in [3.05, 3.63) is 29.3 Å². The molecule has 0 aromatic heterocycles. The van der Waals surface area contributed by atoms with Crippen LogP contribution in [0.5, 0.6) is 5.75 Å². The van der Waals surface area contributed by atoms with E-state index in [1.54, 1.807) is 0 Å². The summed E-state index contributed by atoms with van der Waals surface area (Å²) in [7, 11) is 0. The van der Waals surface area contributed by atoms with Gasteiger partial charge in [0.1, 0.15) is 6.61 Å². The van der Waals surface area contributed by atoms with Crippen LogP contribution >= 0.6 is 0 Å². The van der Waals surface area contributed by atoms with Gasteiger partial charge >= 0.3 is 0 Å². The summed E-state index contributed by atoms with van der Waals surface area (Å²) in [6.07, 6.45) is 1.69. The Bertz CT molecular complexity index is 472. The molecule has 1 amide bonds. The van der Waals surface area contributed by atoms with E-state index in [4.69, 9.17) is 9.78 Å². The molecule has 1 fully saturated rings. The highest BCUT2D eigenvalue weighted by Gasteiger charge is 2.40. The van der Waals surface area contributed by atoms with E-state index in [9.17, 15) is 4.79 Å². The second-order valence-electron chi connectivity index (χ2n) is 4.93. The highest BCUT2D eigenvalue weighted by atomic mass is 17.2. The quantitative estimate of drug-likeness (QED) is 0.829. The maximum atomic E-state index is 11.2. The standard InChI is InChI=1S/C14H17NO3/c1-2-14(16)15-7-9-6-11(9)10-4-3-5-13-12(10)8-17-18-13/h3-5,9,11H,2,6-8H2,1H3,(H,15,16)/t9-,11+/m0/s1. The van der Waals surface area contributed by atoms with Gasteiger partial charge in [-0.2, -0.15) is 4.89 Å². The van der Waals surface area contributed by atoms with Crippen molar-refractivity contribution in [3.63, 3.8) is 0 Å². The minimum absolute atomic E-state index is 0.130. The number of benzene rings is 1. The predicted octanol–water partition coefficient (Wildman–Crippen LogP) is 2.14. The lowest BCUT2D eigenvalue weighted by Gasteiger charge is -2.05. The Morgan fingerprint density at radius 2 is 2.39 bits per heavy atom. The third-order valence-corrected chi connectivity index (χ3v) is 3.73. The van der Waals surface area contributed by atoms with Gasteiger partial charge in [-0.3, -0.25) is 4.79 Å². The molecule has 4 nitrogen and oxygen atoms in total. The molecule has 2 atom stereocenters. The zero-order valence-corrected chi connectivity index (χ0v) is 10.4. The van der Waals surface area contributed by atoms with Crippen LogP contribution in [0, 0.1) is 5.92 Å². The summed E-state index contributed by atoms with van der Waals surface area (Å²) in [6, 6.07) is 6.08. The monoisotopic (exact) mass is 247 g/mol. The van der Waals surface area contributed by atoms with Crippen LogP contribution in [0.15, 0.2) is 18.2 Å². The first kappa shape index (κ1) is 11.5. The molecule has 1 N–H and O–H groups in total. The van der Waals surface area contributed by atoms with Crippen molar-refractivity contribution < 1.29 is 14.6 Å². The topological polar surface area (TPSA) is 47.6 Å². The molecular formula is C14H17NO3. The van der Waals surface area contributed by atoms with Crippen molar-refractivity contribution in [3.8, 4) is 5.75 Å². The minimum Gasteiger partial charge on any atom is -0.356 e. The van der Waals surface area contributed by atoms with Crippen molar-refractivity contribution in [2.75, 3.05) is 6.54 Å². The molecule has 1 heterocycles. The molecule has 4 heteroatoms. The average molecular weight is 247 g/mol. The van der Waals surface area contributed by atoms with E-state index in [2.05, 4.69) is 11.4 Å². The molecule has 0 saturated heterocycles. The predicted molar refractivity (Wildman–Crippen MR) is 66.0 cm³/mol. The lowest BCUT2D eigenvalue weighted by atomic mass is 10.0. The van der Waals surface area contributed by atoms with Gasteiger partial charge in [0.15, 0.2) is 5.75 Å². The first-order valence-electron chi connectivity index (χ1n) is 6.47. The summed E-state index contributed by atoms with van der Waals surface area (Å²) >= 11 is 0. The fourth-order valence-corrected chi connectivity index (χ4v) is 2.54. The first-order valence-corrected chi connectivity index (χ1v) is 6.47. The summed E-state index contributed by atoms with van der Waals surface area (Å²) in [6.45, 7) is 3.19. The fraction of sp³-hybridized carbons (Fsp3) is 0.500. The zero-order valence-electron chi connectivity index (χ0n) is 10.4. The highest BCUT2D eigenvalue weighted by molar-refractivity contribution is 5.75. The van der Waals surface area contributed by atoms with Gasteiger partial charge in [0, 0.05) is 18.5 Å². The Morgan fingerprint density at radius 3 is 3.22 bits per heavy atom. The van der Waals surface area contributed by atoms with Crippen molar-refractivity contribution in [1.82, 2.24) is 5.32 Å². The molecule has 1 aromatic carbocycles. The van der Waals surface area contributed by atoms with Crippen molar-refractivity contribution >= 4 is 5.91 Å². The van der Waals surface area contributed by atoms with Crippen molar-refractivity contribution in [1.29, 1.82) is 0 Å². The molecule has 1 aromatic rings. The van der Waals surface area contributed by atoms with Gasteiger partial charge < -0.3 is 10.2 Å². The Labute approximate surface area is 106 Å². The minimum atomic E-state index is 0.130. The smallest absolute Gasteiger partial charge is 0.219 e. The Morgan fingerprint density at radius 1 is 1.50 bits per heavy atom. The molecule has 0 radical (unpaired) electrons. The van der Waals surface area contributed by atoms with Gasteiger partial charge in [0.2, 0.25) is 5.91 Å². The molecule has 18 heavy (non-hydrogen) atoms. The second-order valence-corrected chi connectivity index (χ2v) is 4.93. The van der Waals surface area contributed by atoms with Gasteiger partial charge in [-0.15, -0.1) is 0 Å². The van der Waals surface area contributed by atoms with E-state index in [1.165, 1.54) is 11.1 Å². The molecule has 2 aliphatic rings. The normalized spacial score (nSPS) is 24.3. The number of nitrogens with one attached hydrogen (secondary N) is 1. The third-order valence-electron chi connectivity index (χ3n) is 3.73. The van der Waals surface area contributed by atoms with Gasteiger partial charge in [-0.05, 0) is 29.9 Å². The molecule has 0 spiro atoms. The maximum Gasteiger partial charge on any atom is 0.219 e. The molecule has 3 rings (SSSR count). The molecule has 0 bridgehead atoms. The summed E-state index contributed by atoms with van der Waals surface area (Å²) < 4.78 is 0. The van der Waals surface area contributed by atoms with E-state index in [0.717, 1.165) is 18.7 Å². The van der Waals surface area contributed by atoms with E-state index in [0.29, 0.717) is 24.9 Å². The number of hydrogen-bond acceptors (Lipinski definition) is 3. The Kier molecular flexibility index (Phi) is 2.96. The lowest BCUT2D eigenvalue weighted by Crippen LogP contribution is -2.24. The number of fused-ring (bicyclic) bond motifs is 1. The van der Waals surface area contributed by atoms with Crippen LogP contribution in [0.1, 0.15) is 36.8 Å². The Balaban J connectivity index is 1.64. The van der Waals surface area contributed by atoms with Crippen LogP contribution in [0.2, 0.25) is 0 Å². The molecule has 96 valence electrons. The summed E-state index contributed by atoms with van der Waals surface area (Å²) in [5.41, 5.74) is 2.49. The Hall–Kier alpha value is -1.55. The highest BCUT2D eigenvalue weighted by Crippen LogP contribution is 2.50. The van der Waals surface area contributed by atoms with Gasteiger partial charge in [-0.25, -0.2) is 0 Å². The van der Waals surface area contributed by atoms with Crippen LogP contribution in [0.4, 0.5) is 0 Å². The third kappa shape index (κ3) is 2.08. The van der Waals surface area contributed by atoms with Crippen LogP contribution in [-0.2, 0) is 16.3 Å². The van der Waals surface area contributed by atoms with Gasteiger partial charge in [0.05, 0.1) is 0 Å². The number of hydrogen-bond donors (Lipinski definition) is 1. The van der Waals surface area contributed by atoms with E-state index in [-0.39, 0.29) is 5.91 Å². The lowest BCUT2D eigenvalue weighted by molar-refractivity contribution is -0.194. The number of carbonyl (C=O) groups is 1. The molecule has 1 aliphatic carbocycles. The molecule has 0 unspecified atom stereocenters. The summed E-state index contributed by atoms with van der Waals surface area (Å²) in [5.74, 6) is 2.08. The maximum absolute atomic E-state index is 11.2. The van der Waals surface area contributed by atoms with Crippen molar-refractivity contribution in [2.24, 2.45) is 5.92 Å². The number of rotatable bonds is 4. The SMILES string of the molecule is CCC(=O)NC[C@@H]1C[C@H]1c1cccc2c1COO2. The largest absolute Gasteiger partial charge is 0.356 e. The molecular weight excluding hydrogens is 230 g/mol.